The van der Waals surface area contributed by atoms with Crippen molar-refractivity contribution >= 4 is 21.4 Å². The molecule has 0 atom stereocenters. The van der Waals surface area contributed by atoms with Crippen molar-refractivity contribution in [2.75, 3.05) is 13.4 Å². The van der Waals surface area contributed by atoms with Gasteiger partial charge in [0, 0.05) is 6.26 Å². The highest BCUT2D eigenvalue weighted by atomic mass is 35.5. The fourth-order valence-corrected chi connectivity index (χ4v) is 1.41. The number of halogens is 1. The van der Waals surface area contributed by atoms with Crippen LogP contribution >= 0.6 is 11.6 Å². The summed E-state index contributed by atoms with van der Waals surface area (Å²) in [7, 11) is -2.02. The minimum Gasteiger partial charge on any atom is -0.492 e. The van der Waals surface area contributed by atoms with Crippen LogP contribution in [0, 0.1) is 0 Å². The summed E-state index contributed by atoms with van der Waals surface area (Å²) in [5, 5.41) is -0.323. The normalized spacial score (nSPS) is 11.3. The fraction of sp³-hybridized carbons (Fsp3) is 0.333. The van der Waals surface area contributed by atoms with E-state index in [-0.39, 0.29) is 16.1 Å². The molecule has 0 spiro atoms. The van der Waals surface area contributed by atoms with E-state index in [2.05, 4.69) is 9.97 Å². The van der Waals surface area contributed by atoms with Crippen LogP contribution in [0.3, 0.4) is 0 Å². The van der Waals surface area contributed by atoms with E-state index in [1.54, 1.807) is 0 Å². The van der Waals surface area contributed by atoms with Crippen LogP contribution in [-0.2, 0) is 9.84 Å². The highest BCUT2D eigenvalue weighted by Crippen LogP contribution is 2.20. The lowest BCUT2D eigenvalue weighted by atomic mass is 10.6. The molecule has 13 heavy (non-hydrogen) atoms. The molecule has 5 nitrogen and oxygen atoms in total. The Morgan fingerprint density at radius 2 is 2.15 bits per heavy atom. The van der Waals surface area contributed by atoms with Gasteiger partial charge in [0.25, 0.3) is 0 Å². The van der Waals surface area contributed by atoms with Gasteiger partial charge in [0.15, 0.2) is 10.9 Å². The van der Waals surface area contributed by atoms with E-state index >= 15 is 0 Å². The van der Waals surface area contributed by atoms with E-state index in [9.17, 15) is 8.42 Å². The lowest BCUT2D eigenvalue weighted by Gasteiger charge is -2.01. The second kappa shape index (κ2) is 3.47. The van der Waals surface area contributed by atoms with E-state index in [0.29, 0.717) is 0 Å². The highest BCUT2D eigenvalue weighted by molar-refractivity contribution is 7.90. The highest BCUT2D eigenvalue weighted by Gasteiger charge is 2.13. The van der Waals surface area contributed by atoms with Crippen molar-refractivity contribution in [3.63, 3.8) is 0 Å². The summed E-state index contributed by atoms with van der Waals surface area (Å²) < 4.78 is 26.7. The predicted octanol–water partition coefficient (Wildman–Crippen LogP) is 0.542. The summed E-state index contributed by atoms with van der Waals surface area (Å²) in [6, 6.07) is 0. The second-order valence-electron chi connectivity index (χ2n) is 2.28. The molecule has 1 aromatic heterocycles. The monoisotopic (exact) mass is 222 g/mol. The van der Waals surface area contributed by atoms with E-state index in [1.165, 1.54) is 13.3 Å². The largest absolute Gasteiger partial charge is 0.492 e. The zero-order valence-corrected chi connectivity index (χ0v) is 8.56. The first-order chi connectivity index (χ1) is 5.95. The predicted molar refractivity (Wildman–Crippen MR) is 46.7 cm³/mol. The topological polar surface area (TPSA) is 69.2 Å². The Morgan fingerprint density at radius 1 is 1.54 bits per heavy atom. The molecular formula is C6H7ClN2O3S. The number of aromatic nitrogens is 2. The summed E-state index contributed by atoms with van der Waals surface area (Å²) in [6.45, 7) is 0. The van der Waals surface area contributed by atoms with Gasteiger partial charge in [-0.05, 0) is 0 Å². The molecule has 1 aromatic rings. The molecule has 0 saturated heterocycles. The van der Waals surface area contributed by atoms with Crippen LogP contribution in [-0.4, -0.2) is 31.8 Å². The fourth-order valence-electron chi connectivity index (χ4n) is 0.651. The third-order valence-corrected chi connectivity index (χ3v) is 2.37. The van der Waals surface area contributed by atoms with Gasteiger partial charge in [-0.15, -0.1) is 0 Å². The van der Waals surface area contributed by atoms with Crippen molar-refractivity contribution in [2.45, 2.75) is 5.16 Å². The van der Waals surface area contributed by atoms with Crippen LogP contribution < -0.4 is 4.74 Å². The van der Waals surface area contributed by atoms with E-state index < -0.39 is 9.84 Å². The van der Waals surface area contributed by atoms with Gasteiger partial charge in [-0.3, -0.25) is 0 Å². The van der Waals surface area contributed by atoms with E-state index in [0.717, 1.165) is 6.26 Å². The van der Waals surface area contributed by atoms with Gasteiger partial charge in [0.2, 0.25) is 15.0 Å². The van der Waals surface area contributed by atoms with Crippen LogP contribution in [0.25, 0.3) is 0 Å². The molecule has 0 N–H and O–H groups in total. The molecule has 0 fully saturated rings. The van der Waals surface area contributed by atoms with Crippen molar-refractivity contribution in [2.24, 2.45) is 0 Å². The first kappa shape index (κ1) is 10.2. The Labute approximate surface area is 80.6 Å². The molecule has 1 rings (SSSR count). The minimum atomic E-state index is -3.41. The molecule has 0 aromatic carbocycles. The lowest BCUT2D eigenvalue weighted by Crippen LogP contribution is -2.04. The quantitative estimate of drug-likeness (QED) is 0.540. The molecule has 0 unspecified atom stereocenters. The average molecular weight is 223 g/mol. The summed E-state index contributed by atoms with van der Waals surface area (Å²) >= 11 is 5.60. The number of methoxy groups -OCH3 is 1. The summed E-state index contributed by atoms with van der Waals surface area (Å²) in [5.74, 6) is 0.245. The molecule has 7 heteroatoms. The Hall–Kier alpha value is -0.880. The summed E-state index contributed by atoms with van der Waals surface area (Å²) in [6.07, 6.45) is 2.22. The number of rotatable bonds is 2. The zero-order valence-electron chi connectivity index (χ0n) is 6.98. The van der Waals surface area contributed by atoms with Crippen molar-refractivity contribution in [3.05, 3.63) is 11.3 Å². The molecule has 0 aliphatic heterocycles. The van der Waals surface area contributed by atoms with Crippen molar-refractivity contribution in [1.82, 2.24) is 9.97 Å². The number of ether oxygens (including phenoxy) is 1. The molecule has 0 bridgehead atoms. The molecular weight excluding hydrogens is 216 g/mol. The molecule has 0 radical (unpaired) electrons. The van der Waals surface area contributed by atoms with Gasteiger partial charge in [-0.1, -0.05) is 11.6 Å². The van der Waals surface area contributed by atoms with Crippen LogP contribution in [0.2, 0.25) is 5.15 Å². The molecule has 1 heterocycles. The van der Waals surface area contributed by atoms with Crippen LogP contribution in [0.1, 0.15) is 0 Å². The Balaban J connectivity index is 3.26. The van der Waals surface area contributed by atoms with Gasteiger partial charge < -0.3 is 4.74 Å². The smallest absolute Gasteiger partial charge is 0.248 e. The first-order valence-electron chi connectivity index (χ1n) is 3.21. The number of hydrogen-bond acceptors (Lipinski definition) is 5. The zero-order chi connectivity index (χ0) is 10.1. The maximum absolute atomic E-state index is 11.0. The van der Waals surface area contributed by atoms with Crippen LogP contribution in [0.15, 0.2) is 11.4 Å². The minimum absolute atomic E-state index is 0.0158. The maximum atomic E-state index is 11.0. The van der Waals surface area contributed by atoms with Crippen LogP contribution in [0.5, 0.6) is 5.75 Å². The van der Waals surface area contributed by atoms with Gasteiger partial charge in [-0.25, -0.2) is 18.4 Å². The van der Waals surface area contributed by atoms with Crippen LogP contribution in [0.4, 0.5) is 0 Å². The Kier molecular flexibility index (Phi) is 2.72. The Morgan fingerprint density at radius 3 is 2.54 bits per heavy atom. The van der Waals surface area contributed by atoms with Crippen molar-refractivity contribution in [1.29, 1.82) is 0 Å². The molecule has 0 aliphatic carbocycles. The first-order valence-corrected chi connectivity index (χ1v) is 5.48. The van der Waals surface area contributed by atoms with Crippen molar-refractivity contribution < 1.29 is 13.2 Å². The van der Waals surface area contributed by atoms with E-state index in [1.807, 2.05) is 0 Å². The lowest BCUT2D eigenvalue weighted by molar-refractivity contribution is 0.409. The number of hydrogen-bond donors (Lipinski definition) is 0. The number of nitrogens with zero attached hydrogens (tertiary/aromatic N) is 2. The van der Waals surface area contributed by atoms with Gasteiger partial charge in [-0.2, -0.15) is 0 Å². The molecule has 0 aliphatic rings. The van der Waals surface area contributed by atoms with Gasteiger partial charge in [0.1, 0.15) is 0 Å². The summed E-state index contributed by atoms with van der Waals surface area (Å²) in [4.78, 5) is 7.13. The molecule has 0 saturated carbocycles. The third kappa shape index (κ3) is 2.28. The SMILES string of the molecule is COc1cnc(S(C)(=O)=O)nc1Cl. The van der Waals surface area contributed by atoms with Gasteiger partial charge >= 0.3 is 0 Å². The van der Waals surface area contributed by atoms with E-state index in [4.69, 9.17) is 16.3 Å². The summed E-state index contributed by atoms with van der Waals surface area (Å²) in [5.41, 5.74) is 0. The second-order valence-corrected chi connectivity index (χ2v) is 4.55. The third-order valence-electron chi connectivity index (χ3n) is 1.24. The molecule has 72 valence electrons. The van der Waals surface area contributed by atoms with Gasteiger partial charge in [0.05, 0.1) is 13.3 Å². The Bertz CT molecular complexity index is 418. The van der Waals surface area contributed by atoms with Crippen molar-refractivity contribution in [3.8, 4) is 5.75 Å². The molecule has 0 amide bonds. The standard InChI is InChI=1S/C6H7ClN2O3S/c1-12-4-3-8-6(9-5(4)7)13(2,10)11/h3H,1-2H3. The maximum Gasteiger partial charge on any atom is 0.248 e. The number of sulfone groups is 1. The average Bonchev–Trinajstić information content (AvgIpc) is 2.02.